The Morgan fingerprint density at radius 2 is 1.87 bits per heavy atom. The maximum Gasteiger partial charge on any atom is 0.341 e. The largest absolute Gasteiger partial charge is 0.478 e. The number of ether oxygens (including phenoxy) is 1. The van der Waals surface area contributed by atoms with Gasteiger partial charge in [0.2, 0.25) is 0 Å². The molecule has 0 atom stereocenters. The van der Waals surface area contributed by atoms with Crippen molar-refractivity contribution in [2.45, 2.75) is 13.8 Å². The smallest absolute Gasteiger partial charge is 0.341 e. The molecule has 0 aliphatic heterocycles. The summed E-state index contributed by atoms with van der Waals surface area (Å²) in [5.41, 5.74) is 3.18. The highest BCUT2D eigenvalue weighted by Gasteiger charge is 2.19. The Morgan fingerprint density at radius 1 is 1.07 bits per heavy atom. The van der Waals surface area contributed by atoms with E-state index in [2.05, 4.69) is 10.3 Å². The summed E-state index contributed by atoms with van der Waals surface area (Å²) in [4.78, 5) is 28.6. The lowest BCUT2D eigenvalue weighted by molar-refractivity contribution is 0.0526. The number of rotatable bonds is 5. The van der Waals surface area contributed by atoms with Crippen molar-refractivity contribution in [3.05, 3.63) is 77.5 Å². The van der Waals surface area contributed by atoms with Crippen molar-refractivity contribution in [2.24, 2.45) is 0 Å². The molecule has 0 spiro atoms. The van der Waals surface area contributed by atoms with Gasteiger partial charge in [-0.25, -0.2) is 9.59 Å². The number of benzene rings is 3. The van der Waals surface area contributed by atoms with Crippen molar-refractivity contribution in [1.82, 2.24) is 4.98 Å². The van der Waals surface area contributed by atoms with Crippen LogP contribution in [0.1, 0.15) is 33.2 Å². The second-order valence-corrected chi connectivity index (χ2v) is 6.91. The Bertz CT molecular complexity index is 1300. The molecule has 0 fully saturated rings. The third-order valence-electron chi connectivity index (χ3n) is 5.00. The first kappa shape index (κ1) is 19.4. The molecule has 4 aromatic rings. The van der Waals surface area contributed by atoms with E-state index in [1.165, 1.54) is 6.20 Å². The number of fused-ring (bicyclic) bond motifs is 3. The molecule has 1 aromatic heterocycles. The Balaban J connectivity index is 1.96. The number of pyridine rings is 1. The fourth-order valence-electron chi connectivity index (χ4n) is 3.46. The third kappa shape index (κ3) is 3.43. The molecule has 0 aliphatic rings. The zero-order valence-corrected chi connectivity index (χ0v) is 16.6. The predicted molar refractivity (Wildman–Crippen MR) is 117 cm³/mol. The van der Waals surface area contributed by atoms with Gasteiger partial charge in [-0.3, -0.25) is 4.98 Å². The minimum atomic E-state index is -1.02. The van der Waals surface area contributed by atoms with Gasteiger partial charge in [0.25, 0.3) is 0 Å². The molecule has 0 saturated carbocycles. The zero-order chi connectivity index (χ0) is 21.3. The molecular weight excluding hydrogens is 380 g/mol. The molecule has 0 bridgehead atoms. The standard InChI is InChI=1S/C24H20N2O4/c1-3-30-24(29)19-13-25-21-17-7-5-4-6-15(17)10-11-18(21)22(19)26-20-12-16(23(27)28)9-8-14(20)2/h4-13H,3H2,1-2H3,(H,25,26)(H,27,28). The normalized spacial score (nSPS) is 10.9. The number of nitrogens with one attached hydrogen (secondary N) is 1. The van der Waals surface area contributed by atoms with E-state index >= 15 is 0 Å². The lowest BCUT2D eigenvalue weighted by atomic mass is 10.0. The van der Waals surface area contributed by atoms with Crippen molar-refractivity contribution in [2.75, 3.05) is 11.9 Å². The molecule has 30 heavy (non-hydrogen) atoms. The Morgan fingerprint density at radius 3 is 2.63 bits per heavy atom. The third-order valence-corrected chi connectivity index (χ3v) is 5.00. The maximum atomic E-state index is 12.6. The zero-order valence-electron chi connectivity index (χ0n) is 16.6. The topological polar surface area (TPSA) is 88.5 Å². The lowest BCUT2D eigenvalue weighted by Gasteiger charge is -2.17. The number of anilines is 2. The highest BCUT2D eigenvalue weighted by atomic mass is 16.5. The number of carboxylic acid groups (broad SMARTS) is 1. The van der Waals surface area contributed by atoms with Crippen LogP contribution < -0.4 is 5.32 Å². The first-order chi connectivity index (χ1) is 14.5. The van der Waals surface area contributed by atoms with Crippen LogP contribution in [0.3, 0.4) is 0 Å². The number of hydrogen-bond donors (Lipinski definition) is 2. The number of aromatic carboxylic acids is 1. The van der Waals surface area contributed by atoms with Gasteiger partial charge in [0, 0.05) is 22.7 Å². The Labute approximate surface area is 173 Å². The number of esters is 1. The van der Waals surface area contributed by atoms with Crippen LogP contribution in [0.4, 0.5) is 11.4 Å². The van der Waals surface area contributed by atoms with Gasteiger partial charge in [-0.15, -0.1) is 0 Å². The van der Waals surface area contributed by atoms with Gasteiger partial charge < -0.3 is 15.2 Å². The number of carbonyl (C=O) groups is 2. The number of nitrogens with zero attached hydrogens (tertiary/aromatic N) is 1. The summed E-state index contributed by atoms with van der Waals surface area (Å²) in [6, 6.07) is 16.6. The highest BCUT2D eigenvalue weighted by Crippen LogP contribution is 2.34. The second-order valence-electron chi connectivity index (χ2n) is 6.91. The van der Waals surface area contributed by atoms with E-state index in [-0.39, 0.29) is 12.2 Å². The molecule has 0 amide bonds. The summed E-state index contributed by atoms with van der Waals surface area (Å²) in [5.74, 6) is -1.51. The fourth-order valence-corrected chi connectivity index (χ4v) is 3.46. The van der Waals surface area contributed by atoms with Crippen molar-refractivity contribution in [3.8, 4) is 0 Å². The van der Waals surface area contributed by atoms with Gasteiger partial charge in [-0.2, -0.15) is 0 Å². The maximum absolute atomic E-state index is 12.6. The van der Waals surface area contributed by atoms with Crippen LogP contribution >= 0.6 is 0 Å². The molecule has 1 heterocycles. The average Bonchev–Trinajstić information content (AvgIpc) is 2.75. The molecule has 0 aliphatic carbocycles. The molecule has 3 aromatic carbocycles. The van der Waals surface area contributed by atoms with Gasteiger partial charge in [0.1, 0.15) is 5.56 Å². The summed E-state index contributed by atoms with van der Waals surface area (Å²) >= 11 is 0. The summed E-state index contributed by atoms with van der Waals surface area (Å²) in [6.45, 7) is 3.85. The van der Waals surface area contributed by atoms with E-state index in [1.54, 1.807) is 25.1 Å². The van der Waals surface area contributed by atoms with E-state index in [1.807, 2.05) is 43.3 Å². The summed E-state index contributed by atoms with van der Waals surface area (Å²) in [6.07, 6.45) is 1.51. The van der Waals surface area contributed by atoms with Crippen LogP contribution in [0.5, 0.6) is 0 Å². The summed E-state index contributed by atoms with van der Waals surface area (Å²) < 4.78 is 5.22. The van der Waals surface area contributed by atoms with Crippen LogP contribution in [0.25, 0.3) is 21.7 Å². The van der Waals surface area contributed by atoms with Crippen molar-refractivity contribution in [3.63, 3.8) is 0 Å². The van der Waals surface area contributed by atoms with Gasteiger partial charge in [0.15, 0.2) is 0 Å². The number of hydrogen-bond acceptors (Lipinski definition) is 5. The summed E-state index contributed by atoms with van der Waals surface area (Å²) in [5, 5.41) is 15.4. The SMILES string of the molecule is CCOC(=O)c1cnc2c(ccc3ccccc32)c1Nc1cc(C(=O)O)ccc1C. The Kier molecular flexibility index (Phi) is 5.06. The lowest BCUT2D eigenvalue weighted by Crippen LogP contribution is -2.10. The predicted octanol–water partition coefficient (Wildman–Crippen LogP) is 5.31. The average molecular weight is 400 g/mol. The van der Waals surface area contributed by atoms with Crippen LogP contribution in [-0.4, -0.2) is 28.6 Å². The first-order valence-corrected chi connectivity index (χ1v) is 9.58. The van der Waals surface area contributed by atoms with Crippen LogP contribution in [0.15, 0.2) is 60.8 Å². The van der Waals surface area contributed by atoms with E-state index in [0.717, 1.165) is 27.2 Å². The second kappa shape index (κ2) is 7.83. The first-order valence-electron chi connectivity index (χ1n) is 9.58. The molecule has 6 heteroatoms. The van der Waals surface area contributed by atoms with Crippen molar-refractivity contribution < 1.29 is 19.4 Å². The van der Waals surface area contributed by atoms with Gasteiger partial charge in [-0.05, 0) is 36.9 Å². The van der Waals surface area contributed by atoms with E-state index in [9.17, 15) is 14.7 Å². The molecule has 0 saturated heterocycles. The minimum Gasteiger partial charge on any atom is -0.478 e. The van der Waals surface area contributed by atoms with E-state index in [0.29, 0.717) is 16.9 Å². The number of carboxylic acids is 1. The van der Waals surface area contributed by atoms with E-state index < -0.39 is 11.9 Å². The fraction of sp³-hybridized carbons (Fsp3) is 0.125. The van der Waals surface area contributed by atoms with E-state index in [4.69, 9.17) is 4.74 Å². The van der Waals surface area contributed by atoms with Crippen molar-refractivity contribution >= 4 is 45.0 Å². The summed E-state index contributed by atoms with van der Waals surface area (Å²) in [7, 11) is 0. The molecule has 6 nitrogen and oxygen atoms in total. The molecule has 2 N–H and O–H groups in total. The molecular formula is C24H20N2O4. The number of carbonyl (C=O) groups excluding carboxylic acids is 1. The van der Waals surface area contributed by atoms with Crippen LogP contribution in [0.2, 0.25) is 0 Å². The highest BCUT2D eigenvalue weighted by molar-refractivity contribution is 6.13. The van der Waals surface area contributed by atoms with Crippen LogP contribution in [-0.2, 0) is 4.74 Å². The van der Waals surface area contributed by atoms with Gasteiger partial charge in [0.05, 0.1) is 23.4 Å². The minimum absolute atomic E-state index is 0.157. The van der Waals surface area contributed by atoms with Gasteiger partial charge >= 0.3 is 11.9 Å². The molecule has 0 unspecified atom stereocenters. The number of aryl methyl sites for hydroxylation is 1. The molecule has 150 valence electrons. The number of aromatic nitrogens is 1. The van der Waals surface area contributed by atoms with Gasteiger partial charge in [-0.1, -0.05) is 42.5 Å². The molecule has 4 rings (SSSR count). The Hall–Kier alpha value is -3.93. The monoisotopic (exact) mass is 400 g/mol. The van der Waals surface area contributed by atoms with Crippen molar-refractivity contribution in [1.29, 1.82) is 0 Å². The quantitative estimate of drug-likeness (QED) is 0.348. The molecule has 0 radical (unpaired) electrons. The van der Waals surface area contributed by atoms with Crippen LogP contribution in [0, 0.1) is 6.92 Å².